The van der Waals surface area contributed by atoms with Gasteiger partial charge in [0.25, 0.3) is 0 Å². The molecule has 0 aliphatic carbocycles. The summed E-state index contributed by atoms with van der Waals surface area (Å²) in [6.45, 7) is 9.12. The second-order valence-electron chi connectivity index (χ2n) is 5.85. The average Bonchev–Trinajstić information content (AvgIpc) is 2.78. The molecule has 0 aromatic rings. The van der Waals surface area contributed by atoms with Crippen LogP contribution < -0.4 is 0 Å². The maximum Gasteiger partial charge on any atom is 0.0701 e. The molecule has 0 heterocycles. The van der Waals surface area contributed by atoms with E-state index in [9.17, 15) is 0 Å². The zero-order valence-corrected chi connectivity index (χ0v) is 18.7. The Balaban J connectivity index is 3.00. The molecule has 0 fully saturated rings. The monoisotopic (exact) mass is 453 g/mol. The molecule has 0 radical (unpaired) electrons. The third-order valence-corrected chi connectivity index (χ3v) is 3.43. The van der Waals surface area contributed by atoms with Crippen molar-refractivity contribution in [1.29, 1.82) is 0 Å². The minimum absolute atomic E-state index is 0.334. The van der Waals surface area contributed by atoms with Crippen molar-refractivity contribution >= 4 is 0 Å². The maximum absolute atomic E-state index is 8.10. The molecule has 0 aromatic heterocycles. The Morgan fingerprint density at radius 1 is 0.452 bits per heavy atom. The third kappa shape index (κ3) is 28.9. The zero-order chi connectivity index (χ0) is 22.5. The fourth-order valence-electron chi connectivity index (χ4n) is 1.93. The van der Waals surface area contributed by atoms with E-state index in [4.69, 9.17) is 48.2 Å². The van der Waals surface area contributed by atoms with E-state index in [1.165, 1.54) is 0 Å². The molecule has 0 aliphatic heterocycles. The molecule has 0 bridgehead atoms. The van der Waals surface area contributed by atoms with Crippen LogP contribution in [0.3, 0.4) is 0 Å². The molecule has 0 saturated heterocycles. The van der Waals surface area contributed by atoms with Crippen LogP contribution in [0.5, 0.6) is 0 Å². The van der Waals surface area contributed by atoms with Crippen LogP contribution in [-0.4, -0.2) is 126 Å². The Morgan fingerprint density at radius 2 is 0.710 bits per heavy atom. The molecule has 0 aliphatic rings. The third-order valence-electron chi connectivity index (χ3n) is 3.43. The lowest BCUT2D eigenvalue weighted by atomic mass is 10.6. The van der Waals surface area contributed by atoms with E-state index in [0.717, 1.165) is 0 Å². The summed E-state index contributed by atoms with van der Waals surface area (Å²) >= 11 is 0. The van der Waals surface area contributed by atoms with Crippen LogP contribution in [0.25, 0.3) is 10.4 Å². The van der Waals surface area contributed by atoms with Gasteiger partial charge in [-0.15, -0.1) is 0 Å². The van der Waals surface area contributed by atoms with Gasteiger partial charge in [-0.3, -0.25) is 0 Å². The zero-order valence-electron chi connectivity index (χ0n) is 18.7. The first-order valence-corrected chi connectivity index (χ1v) is 10.5. The molecule has 0 rings (SSSR count). The lowest BCUT2D eigenvalue weighted by Gasteiger charge is -2.08. The first kappa shape index (κ1) is 29.9. The Hall–Kier alpha value is -1.05. The Morgan fingerprint density at radius 3 is 0.968 bits per heavy atom. The highest BCUT2D eigenvalue weighted by atomic mass is 16.6. The van der Waals surface area contributed by atoms with Gasteiger partial charge in [0.2, 0.25) is 0 Å². The number of nitrogens with zero attached hydrogens (tertiary/aromatic N) is 3. The molecule has 31 heavy (non-hydrogen) atoms. The molecule has 0 atom stereocenters. The van der Waals surface area contributed by atoms with Crippen molar-refractivity contribution in [3.63, 3.8) is 0 Å². The highest BCUT2D eigenvalue weighted by molar-refractivity contribution is 4.44. The smallest absolute Gasteiger partial charge is 0.0701 e. The van der Waals surface area contributed by atoms with E-state index in [-0.39, 0.29) is 0 Å². The van der Waals surface area contributed by atoms with Crippen LogP contribution in [0.4, 0.5) is 0 Å². The number of azide groups is 1. The number of hydrogen-bond acceptors (Lipinski definition) is 10. The summed E-state index contributed by atoms with van der Waals surface area (Å²) in [5.74, 6) is 0. The summed E-state index contributed by atoms with van der Waals surface area (Å²) in [4.78, 5) is 2.63. The van der Waals surface area contributed by atoms with Gasteiger partial charge in [-0.2, -0.15) is 0 Å². The predicted octanol–water partition coefficient (Wildman–Crippen LogP) is 1.08. The minimum Gasteiger partial charge on any atom is -0.382 e. The van der Waals surface area contributed by atoms with Gasteiger partial charge in [0, 0.05) is 18.6 Å². The Labute approximate surface area is 184 Å². The summed E-state index contributed by atoms with van der Waals surface area (Å²) in [7, 11) is 1.64. The summed E-state index contributed by atoms with van der Waals surface area (Å²) in [5.41, 5.74) is 8.10. The number of methoxy groups -OCH3 is 1. The second-order valence-corrected chi connectivity index (χ2v) is 5.85. The van der Waals surface area contributed by atoms with Crippen LogP contribution in [0.1, 0.15) is 0 Å². The van der Waals surface area contributed by atoms with Crippen LogP contribution in [0.2, 0.25) is 0 Å². The van der Waals surface area contributed by atoms with Gasteiger partial charge in [0.15, 0.2) is 0 Å². The van der Waals surface area contributed by atoms with Crippen LogP contribution >= 0.6 is 0 Å². The summed E-state index contributed by atoms with van der Waals surface area (Å²) in [6, 6.07) is 0. The summed E-state index contributed by atoms with van der Waals surface area (Å²) in [5, 5.41) is 3.36. The van der Waals surface area contributed by atoms with Crippen LogP contribution in [-0.2, 0) is 42.6 Å². The van der Waals surface area contributed by atoms with Crippen molar-refractivity contribution in [3.8, 4) is 0 Å². The first-order chi connectivity index (χ1) is 15.4. The second kappa shape index (κ2) is 28.9. The molecule has 12 heteroatoms. The van der Waals surface area contributed by atoms with Gasteiger partial charge < -0.3 is 42.6 Å². The molecule has 0 N–H and O–H groups in total. The normalized spacial score (nSPS) is 11.0. The Kier molecular flexibility index (Phi) is 28.0. The summed E-state index contributed by atoms with van der Waals surface area (Å²) < 4.78 is 47.6. The minimum atomic E-state index is 0.334. The van der Waals surface area contributed by atoms with E-state index >= 15 is 0 Å². The largest absolute Gasteiger partial charge is 0.382 e. The summed E-state index contributed by atoms with van der Waals surface area (Å²) in [6.07, 6.45) is 0. The quantitative estimate of drug-likeness (QED) is 0.0775. The molecular formula is C19H39N3O9. The standard InChI is InChI=1S/C19H39N3O9/c1-23-4-5-25-8-9-27-12-13-29-16-17-31-19-18-30-15-14-28-11-10-26-7-6-24-3-2-21-22-20/h2-19H2,1H3. The van der Waals surface area contributed by atoms with E-state index in [1.807, 2.05) is 0 Å². The predicted molar refractivity (Wildman–Crippen MR) is 112 cm³/mol. The lowest BCUT2D eigenvalue weighted by molar-refractivity contribution is -0.0241. The van der Waals surface area contributed by atoms with Gasteiger partial charge in [-0.1, -0.05) is 5.11 Å². The first-order valence-electron chi connectivity index (χ1n) is 10.5. The van der Waals surface area contributed by atoms with Crippen molar-refractivity contribution in [2.24, 2.45) is 5.11 Å². The molecule has 0 spiro atoms. The van der Waals surface area contributed by atoms with Crippen molar-refractivity contribution in [1.82, 2.24) is 0 Å². The number of hydrogen-bond donors (Lipinski definition) is 0. The van der Waals surface area contributed by atoms with E-state index in [2.05, 4.69) is 10.0 Å². The van der Waals surface area contributed by atoms with Gasteiger partial charge in [0.05, 0.1) is 112 Å². The van der Waals surface area contributed by atoms with Gasteiger partial charge >= 0.3 is 0 Å². The fourth-order valence-corrected chi connectivity index (χ4v) is 1.93. The molecule has 12 nitrogen and oxygen atoms in total. The van der Waals surface area contributed by atoms with Gasteiger partial charge in [-0.25, -0.2) is 0 Å². The van der Waals surface area contributed by atoms with E-state index in [1.54, 1.807) is 7.11 Å². The lowest BCUT2D eigenvalue weighted by Crippen LogP contribution is -2.15. The molecule has 184 valence electrons. The SMILES string of the molecule is COCCOCCOCCOCCOCCOCCOCCOCCOCCN=[N+]=[N-]. The van der Waals surface area contributed by atoms with E-state index < -0.39 is 0 Å². The highest BCUT2D eigenvalue weighted by Crippen LogP contribution is 1.86. The Bertz CT molecular complexity index is 389. The van der Waals surface area contributed by atoms with Crippen LogP contribution in [0.15, 0.2) is 5.11 Å². The topological polar surface area (TPSA) is 132 Å². The van der Waals surface area contributed by atoms with E-state index in [0.29, 0.717) is 119 Å². The molecule has 0 unspecified atom stereocenters. The molecular weight excluding hydrogens is 414 g/mol. The van der Waals surface area contributed by atoms with Crippen molar-refractivity contribution in [2.75, 3.05) is 126 Å². The van der Waals surface area contributed by atoms with Crippen molar-refractivity contribution in [3.05, 3.63) is 10.4 Å². The van der Waals surface area contributed by atoms with Gasteiger partial charge in [-0.05, 0) is 5.53 Å². The van der Waals surface area contributed by atoms with Crippen molar-refractivity contribution < 1.29 is 42.6 Å². The van der Waals surface area contributed by atoms with Crippen LogP contribution in [0, 0.1) is 0 Å². The molecule has 0 saturated carbocycles. The maximum atomic E-state index is 8.10. The number of rotatable bonds is 27. The average molecular weight is 454 g/mol. The highest BCUT2D eigenvalue weighted by Gasteiger charge is 1.95. The van der Waals surface area contributed by atoms with Gasteiger partial charge in [0.1, 0.15) is 0 Å². The fraction of sp³-hybridized carbons (Fsp3) is 1.00. The van der Waals surface area contributed by atoms with Crippen molar-refractivity contribution in [2.45, 2.75) is 0 Å². The molecule has 0 amide bonds. The number of ether oxygens (including phenoxy) is 9. The molecule has 0 aromatic carbocycles.